The fourth-order valence-corrected chi connectivity index (χ4v) is 5.00. The summed E-state index contributed by atoms with van der Waals surface area (Å²) in [6.07, 6.45) is 5.03. The van der Waals surface area contributed by atoms with Gasteiger partial charge in [-0.2, -0.15) is 0 Å². The molecular formula is C24H33N3O4. The lowest BCUT2D eigenvalue weighted by Crippen LogP contribution is -2.45. The van der Waals surface area contributed by atoms with Crippen molar-refractivity contribution in [2.24, 2.45) is 23.7 Å². The SMILES string of the molecule is CNC(=O)[C@H]1[C@@H]2C(=O)N(CCCCO)[C@H](C(=O)Nc3c(C)cccc3C)[C@H]2C=C[C@H]1C. The molecular weight excluding hydrogens is 394 g/mol. The number of hydrogen-bond donors (Lipinski definition) is 3. The van der Waals surface area contributed by atoms with Gasteiger partial charge < -0.3 is 20.6 Å². The van der Waals surface area contributed by atoms with Crippen molar-refractivity contribution < 1.29 is 19.5 Å². The molecule has 1 aromatic rings. The zero-order chi connectivity index (χ0) is 22.7. The Balaban J connectivity index is 1.96. The minimum atomic E-state index is -0.689. The number of amides is 3. The fourth-order valence-electron chi connectivity index (χ4n) is 5.00. The van der Waals surface area contributed by atoms with Crippen LogP contribution in [-0.4, -0.2) is 54.0 Å². The number of anilines is 1. The van der Waals surface area contributed by atoms with Crippen LogP contribution in [0.4, 0.5) is 5.69 Å². The summed E-state index contributed by atoms with van der Waals surface area (Å²) in [5.41, 5.74) is 2.67. The van der Waals surface area contributed by atoms with E-state index in [4.69, 9.17) is 0 Å². The van der Waals surface area contributed by atoms with Gasteiger partial charge in [0.25, 0.3) is 0 Å². The minimum Gasteiger partial charge on any atom is -0.396 e. The molecule has 5 atom stereocenters. The van der Waals surface area contributed by atoms with Crippen molar-refractivity contribution in [3.63, 3.8) is 0 Å². The van der Waals surface area contributed by atoms with Gasteiger partial charge in [0, 0.05) is 31.8 Å². The normalized spacial score (nSPS) is 27.2. The van der Waals surface area contributed by atoms with Gasteiger partial charge in [0.15, 0.2) is 0 Å². The summed E-state index contributed by atoms with van der Waals surface area (Å²) in [5.74, 6) is -2.11. The first-order valence-electron chi connectivity index (χ1n) is 11.0. The number of nitrogens with zero attached hydrogens (tertiary/aromatic N) is 1. The molecule has 0 spiro atoms. The van der Waals surface area contributed by atoms with Crippen LogP contribution in [0.3, 0.4) is 0 Å². The molecule has 1 aliphatic heterocycles. The van der Waals surface area contributed by atoms with Gasteiger partial charge >= 0.3 is 0 Å². The number of unbranched alkanes of at least 4 members (excludes halogenated alkanes) is 1. The highest BCUT2D eigenvalue weighted by molar-refractivity contribution is 6.02. The number of hydrogen-bond acceptors (Lipinski definition) is 4. The number of rotatable bonds is 7. The first-order chi connectivity index (χ1) is 14.8. The number of benzene rings is 1. The maximum Gasteiger partial charge on any atom is 0.247 e. The molecule has 168 valence electrons. The second-order valence-corrected chi connectivity index (χ2v) is 8.65. The van der Waals surface area contributed by atoms with Crippen LogP contribution in [0.15, 0.2) is 30.4 Å². The predicted molar refractivity (Wildman–Crippen MR) is 119 cm³/mol. The third-order valence-corrected chi connectivity index (χ3v) is 6.63. The van der Waals surface area contributed by atoms with Crippen molar-refractivity contribution in [2.75, 3.05) is 25.5 Å². The highest BCUT2D eigenvalue weighted by atomic mass is 16.3. The standard InChI is InChI=1S/C24H33N3O4/c1-14-10-11-17-19(18(14)22(29)25-4)24(31)27(12-5-6-13-28)21(17)23(30)26-20-15(2)8-7-9-16(20)3/h7-11,14,17-19,21,28H,5-6,12-13H2,1-4H3,(H,25,29)(H,26,30)/t14-,17+,18-,19-,21+/m1/s1. The molecule has 7 nitrogen and oxygen atoms in total. The van der Waals surface area contributed by atoms with Crippen LogP contribution in [0.1, 0.15) is 30.9 Å². The molecule has 1 saturated heterocycles. The molecule has 0 unspecified atom stereocenters. The van der Waals surface area contributed by atoms with Crippen molar-refractivity contribution in [1.29, 1.82) is 0 Å². The highest BCUT2D eigenvalue weighted by Crippen LogP contribution is 2.44. The molecule has 1 aliphatic carbocycles. The van der Waals surface area contributed by atoms with Gasteiger partial charge in [0.05, 0.1) is 11.8 Å². The molecule has 0 saturated carbocycles. The summed E-state index contributed by atoms with van der Waals surface area (Å²) in [5, 5.41) is 14.9. The number of aryl methyl sites for hydroxylation is 2. The van der Waals surface area contributed by atoms with E-state index in [2.05, 4.69) is 10.6 Å². The monoisotopic (exact) mass is 427 g/mol. The second-order valence-electron chi connectivity index (χ2n) is 8.65. The van der Waals surface area contributed by atoms with Crippen LogP contribution >= 0.6 is 0 Å². The van der Waals surface area contributed by atoms with E-state index in [0.717, 1.165) is 16.8 Å². The lowest BCUT2D eigenvalue weighted by atomic mass is 9.70. The van der Waals surface area contributed by atoms with Gasteiger partial charge in [-0.3, -0.25) is 14.4 Å². The Labute approximate surface area is 183 Å². The summed E-state index contributed by atoms with van der Waals surface area (Å²) < 4.78 is 0. The Morgan fingerprint density at radius 2 is 1.77 bits per heavy atom. The predicted octanol–water partition coefficient (Wildman–Crippen LogP) is 2.03. The van der Waals surface area contributed by atoms with Crippen molar-refractivity contribution in [2.45, 2.75) is 39.7 Å². The average Bonchev–Trinajstić information content (AvgIpc) is 3.02. The molecule has 3 N–H and O–H groups in total. The summed E-state index contributed by atoms with van der Waals surface area (Å²) in [6.45, 7) is 6.22. The number of allylic oxidation sites excluding steroid dienone is 1. The quantitative estimate of drug-likeness (QED) is 0.458. The van der Waals surface area contributed by atoms with E-state index in [0.29, 0.717) is 19.4 Å². The summed E-state index contributed by atoms with van der Waals surface area (Å²) in [7, 11) is 1.58. The number of para-hydroxylation sites is 1. The minimum absolute atomic E-state index is 0.0337. The number of nitrogens with one attached hydrogen (secondary N) is 2. The van der Waals surface area contributed by atoms with E-state index >= 15 is 0 Å². The Hall–Kier alpha value is -2.67. The van der Waals surface area contributed by atoms with E-state index in [1.807, 2.05) is 51.1 Å². The lowest BCUT2D eigenvalue weighted by molar-refractivity contribution is -0.140. The number of carbonyl (C=O) groups excluding carboxylic acids is 3. The third kappa shape index (κ3) is 4.37. The molecule has 7 heteroatoms. The summed E-state index contributed by atoms with van der Waals surface area (Å²) in [6, 6.07) is 5.13. The first-order valence-corrected chi connectivity index (χ1v) is 11.0. The topological polar surface area (TPSA) is 98.7 Å². The molecule has 31 heavy (non-hydrogen) atoms. The first kappa shape index (κ1) is 23.0. The van der Waals surface area contributed by atoms with Crippen LogP contribution in [0, 0.1) is 37.5 Å². The summed E-state index contributed by atoms with van der Waals surface area (Å²) in [4.78, 5) is 41.2. The zero-order valence-electron chi connectivity index (χ0n) is 18.7. The van der Waals surface area contributed by atoms with E-state index in [1.165, 1.54) is 0 Å². The fraction of sp³-hybridized carbons (Fsp3) is 0.542. The Morgan fingerprint density at radius 1 is 1.10 bits per heavy atom. The smallest absolute Gasteiger partial charge is 0.247 e. The molecule has 3 rings (SSSR count). The highest BCUT2D eigenvalue weighted by Gasteiger charge is 2.56. The van der Waals surface area contributed by atoms with Crippen LogP contribution < -0.4 is 10.6 Å². The molecule has 1 heterocycles. The van der Waals surface area contributed by atoms with Crippen LogP contribution in [0.2, 0.25) is 0 Å². The van der Waals surface area contributed by atoms with Gasteiger partial charge in [-0.05, 0) is 43.7 Å². The zero-order valence-corrected chi connectivity index (χ0v) is 18.7. The number of carbonyl (C=O) groups is 3. The van der Waals surface area contributed by atoms with Gasteiger partial charge in [-0.1, -0.05) is 37.3 Å². The van der Waals surface area contributed by atoms with E-state index in [-0.39, 0.29) is 36.2 Å². The van der Waals surface area contributed by atoms with Crippen molar-refractivity contribution in [1.82, 2.24) is 10.2 Å². The Morgan fingerprint density at radius 3 is 2.39 bits per heavy atom. The van der Waals surface area contributed by atoms with Crippen molar-refractivity contribution in [3.8, 4) is 0 Å². The Kier molecular flexibility index (Phi) is 7.15. The van der Waals surface area contributed by atoms with Gasteiger partial charge in [0.2, 0.25) is 17.7 Å². The molecule has 0 radical (unpaired) electrons. The lowest BCUT2D eigenvalue weighted by Gasteiger charge is -2.32. The van der Waals surface area contributed by atoms with Crippen LogP contribution in [0.5, 0.6) is 0 Å². The number of aliphatic hydroxyl groups excluding tert-OH is 1. The van der Waals surface area contributed by atoms with Gasteiger partial charge in [-0.25, -0.2) is 0 Å². The average molecular weight is 428 g/mol. The van der Waals surface area contributed by atoms with Gasteiger partial charge in [0.1, 0.15) is 6.04 Å². The molecule has 0 aromatic heterocycles. The molecule has 1 fully saturated rings. The van der Waals surface area contributed by atoms with E-state index in [1.54, 1.807) is 11.9 Å². The van der Waals surface area contributed by atoms with Crippen molar-refractivity contribution in [3.05, 3.63) is 41.5 Å². The molecule has 3 amide bonds. The van der Waals surface area contributed by atoms with E-state index in [9.17, 15) is 19.5 Å². The number of fused-ring (bicyclic) bond motifs is 1. The van der Waals surface area contributed by atoms with E-state index < -0.39 is 17.9 Å². The second kappa shape index (κ2) is 9.64. The largest absolute Gasteiger partial charge is 0.396 e. The molecule has 0 bridgehead atoms. The van der Waals surface area contributed by atoms with Crippen LogP contribution in [-0.2, 0) is 14.4 Å². The number of aliphatic hydroxyl groups is 1. The molecule has 2 aliphatic rings. The Bertz CT molecular complexity index is 861. The third-order valence-electron chi connectivity index (χ3n) is 6.63. The van der Waals surface area contributed by atoms with Gasteiger partial charge in [-0.15, -0.1) is 0 Å². The molecule has 1 aromatic carbocycles. The van der Waals surface area contributed by atoms with Crippen molar-refractivity contribution >= 4 is 23.4 Å². The summed E-state index contributed by atoms with van der Waals surface area (Å²) >= 11 is 0. The maximum absolute atomic E-state index is 13.5. The number of likely N-dealkylation sites (tertiary alicyclic amines) is 1. The maximum atomic E-state index is 13.5. The van der Waals surface area contributed by atoms with Crippen LogP contribution in [0.25, 0.3) is 0 Å².